The Balaban J connectivity index is 1.48. The summed E-state index contributed by atoms with van der Waals surface area (Å²) >= 11 is 0. The van der Waals surface area contributed by atoms with E-state index in [9.17, 15) is 0 Å². The first kappa shape index (κ1) is 31.4. The molecule has 6 heteroatoms. The average Bonchev–Trinajstić information content (AvgIpc) is 3.79. The SMILES string of the molecule is CC(C)c1cccc(C(C)C)c1-n1ccnc1-c1cccc([Si](c2ccccc2)(c2ccccc2)c2cccc(N3CN(C)C=N3)c2)c1. The van der Waals surface area contributed by atoms with Crippen LogP contribution in [-0.2, 0) is 0 Å². The molecule has 1 aromatic heterocycles. The standard InChI is InChI=1S/C42H43N5Si/c1-31(2)39-23-14-24-40(32(3)4)41(39)46-26-25-43-42(46)33-15-12-21-37(27-33)48(35-17-8-6-9-18-35,36-19-10-7-11-20-36)38-22-13-16-34(28-38)47-30-45(5)29-44-47/h6-29,31-32H,30H2,1-5H3. The van der Waals surface area contributed by atoms with Crippen LogP contribution in [0.5, 0.6) is 0 Å². The van der Waals surface area contributed by atoms with Gasteiger partial charge in [0.25, 0.3) is 0 Å². The van der Waals surface area contributed by atoms with E-state index < -0.39 is 8.07 Å². The molecule has 5 nitrogen and oxygen atoms in total. The summed E-state index contributed by atoms with van der Waals surface area (Å²) in [6.07, 6.45) is 5.96. The van der Waals surface area contributed by atoms with Gasteiger partial charge in [-0.25, -0.2) is 9.99 Å². The second-order valence-electron chi connectivity index (χ2n) is 13.4. The van der Waals surface area contributed by atoms with Gasteiger partial charge >= 0.3 is 0 Å². The van der Waals surface area contributed by atoms with Gasteiger partial charge in [-0.1, -0.05) is 143 Å². The maximum atomic E-state index is 5.03. The van der Waals surface area contributed by atoms with E-state index in [0.717, 1.165) is 23.7 Å². The Bertz CT molecular complexity index is 1980. The average molecular weight is 646 g/mol. The van der Waals surface area contributed by atoms with Crippen LogP contribution >= 0.6 is 0 Å². The number of para-hydroxylation sites is 1. The number of rotatable bonds is 9. The van der Waals surface area contributed by atoms with Crippen molar-refractivity contribution >= 4 is 40.8 Å². The van der Waals surface area contributed by atoms with E-state index in [0.29, 0.717) is 11.8 Å². The van der Waals surface area contributed by atoms with Gasteiger partial charge in [0, 0.05) is 25.0 Å². The van der Waals surface area contributed by atoms with Crippen molar-refractivity contribution in [2.45, 2.75) is 39.5 Å². The molecule has 1 aliphatic rings. The van der Waals surface area contributed by atoms with Crippen molar-refractivity contribution in [2.75, 3.05) is 18.7 Å². The van der Waals surface area contributed by atoms with E-state index in [1.54, 1.807) is 0 Å². The van der Waals surface area contributed by atoms with Gasteiger partial charge in [-0.3, -0.25) is 4.57 Å². The highest BCUT2D eigenvalue weighted by Crippen LogP contribution is 2.34. The summed E-state index contributed by atoms with van der Waals surface area (Å²) in [4.78, 5) is 7.13. The molecule has 0 N–H and O–H groups in total. The lowest BCUT2D eigenvalue weighted by Crippen LogP contribution is -2.74. The quantitative estimate of drug-likeness (QED) is 0.128. The third-order valence-electron chi connectivity index (χ3n) is 9.51. The summed E-state index contributed by atoms with van der Waals surface area (Å²) < 4.78 is 2.32. The number of hydrogen-bond donors (Lipinski definition) is 0. The smallest absolute Gasteiger partial charge is 0.179 e. The van der Waals surface area contributed by atoms with E-state index in [4.69, 9.17) is 10.1 Å². The van der Waals surface area contributed by atoms with E-state index >= 15 is 0 Å². The minimum atomic E-state index is -2.83. The summed E-state index contributed by atoms with van der Waals surface area (Å²) in [6, 6.07) is 47.2. The van der Waals surface area contributed by atoms with Gasteiger partial charge in [-0.2, -0.15) is 5.10 Å². The van der Waals surface area contributed by atoms with Crippen LogP contribution in [0, 0.1) is 0 Å². The fraction of sp³-hybridized carbons (Fsp3) is 0.190. The van der Waals surface area contributed by atoms with Crippen molar-refractivity contribution in [3.63, 3.8) is 0 Å². The molecule has 1 aliphatic heterocycles. The van der Waals surface area contributed by atoms with Gasteiger partial charge in [0.1, 0.15) is 18.8 Å². The molecule has 0 radical (unpaired) electrons. The zero-order valence-corrected chi connectivity index (χ0v) is 29.5. The number of aromatic nitrogens is 2. The first-order chi connectivity index (χ1) is 23.4. The third kappa shape index (κ3) is 5.56. The van der Waals surface area contributed by atoms with Crippen LogP contribution < -0.4 is 25.8 Å². The maximum absolute atomic E-state index is 5.03. The van der Waals surface area contributed by atoms with Crippen molar-refractivity contribution in [1.29, 1.82) is 0 Å². The minimum absolute atomic E-state index is 0.378. The summed E-state index contributed by atoms with van der Waals surface area (Å²) in [5.74, 6) is 1.71. The Morgan fingerprint density at radius 2 is 1.19 bits per heavy atom. The van der Waals surface area contributed by atoms with Crippen LogP contribution in [0.2, 0.25) is 0 Å². The molecule has 0 spiro atoms. The van der Waals surface area contributed by atoms with Crippen LogP contribution in [-0.4, -0.2) is 42.6 Å². The van der Waals surface area contributed by atoms with Crippen LogP contribution in [0.1, 0.15) is 50.7 Å². The summed E-state index contributed by atoms with van der Waals surface area (Å²) in [6.45, 7) is 9.83. The van der Waals surface area contributed by atoms with Crippen molar-refractivity contribution in [2.24, 2.45) is 5.10 Å². The Hall–Kier alpha value is -5.20. The predicted octanol–water partition coefficient (Wildman–Crippen LogP) is 6.82. The highest BCUT2D eigenvalue weighted by molar-refractivity contribution is 7.20. The maximum Gasteiger partial charge on any atom is 0.179 e. The molecule has 7 rings (SSSR count). The zero-order valence-electron chi connectivity index (χ0n) is 28.5. The molecule has 2 heterocycles. The second kappa shape index (κ2) is 13.1. The lowest BCUT2D eigenvalue weighted by atomic mass is 9.92. The molecule has 0 fully saturated rings. The van der Waals surface area contributed by atoms with Crippen molar-refractivity contribution in [1.82, 2.24) is 14.5 Å². The highest BCUT2D eigenvalue weighted by atomic mass is 28.3. The predicted molar refractivity (Wildman–Crippen MR) is 204 cm³/mol. The first-order valence-corrected chi connectivity index (χ1v) is 18.9. The first-order valence-electron chi connectivity index (χ1n) is 16.9. The molecular formula is C42H43N5Si. The topological polar surface area (TPSA) is 36.7 Å². The van der Waals surface area contributed by atoms with Crippen LogP contribution in [0.15, 0.2) is 145 Å². The number of hydrogen-bond acceptors (Lipinski definition) is 4. The molecular weight excluding hydrogens is 603 g/mol. The monoisotopic (exact) mass is 645 g/mol. The molecule has 0 bridgehead atoms. The van der Waals surface area contributed by atoms with E-state index in [-0.39, 0.29) is 0 Å². The molecule has 0 atom stereocenters. The summed E-state index contributed by atoms with van der Waals surface area (Å²) in [7, 11) is -0.772. The van der Waals surface area contributed by atoms with Crippen molar-refractivity contribution in [3.8, 4) is 17.1 Å². The van der Waals surface area contributed by atoms with Crippen LogP contribution in [0.4, 0.5) is 5.69 Å². The molecule has 5 aromatic carbocycles. The Morgan fingerprint density at radius 1 is 0.625 bits per heavy atom. The molecule has 0 unspecified atom stereocenters. The lowest BCUT2D eigenvalue weighted by Gasteiger charge is -2.35. The number of anilines is 1. The molecule has 0 aliphatic carbocycles. The number of hydrazone groups is 1. The van der Waals surface area contributed by atoms with Gasteiger partial charge in [0.05, 0.1) is 11.4 Å². The van der Waals surface area contributed by atoms with Gasteiger partial charge in [-0.05, 0) is 55.8 Å². The van der Waals surface area contributed by atoms with E-state index in [1.807, 2.05) is 12.5 Å². The number of nitrogens with zero attached hydrogens (tertiary/aromatic N) is 5. The molecule has 0 saturated heterocycles. The van der Waals surface area contributed by atoms with E-state index in [1.165, 1.54) is 37.6 Å². The fourth-order valence-corrected chi connectivity index (χ4v) is 12.1. The van der Waals surface area contributed by atoms with Crippen molar-refractivity contribution < 1.29 is 0 Å². The fourth-order valence-electron chi connectivity index (χ4n) is 7.24. The molecule has 0 saturated carbocycles. The normalized spacial score (nSPS) is 13.2. The molecule has 48 heavy (non-hydrogen) atoms. The minimum Gasteiger partial charge on any atom is -0.345 e. The van der Waals surface area contributed by atoms with Crippen LogP contribution in [0.3, 0.4) is 0 Å². The van der Waals surface area contributed by atoms with Gasteiger partial charge in [-0.15, -0.1) is 0 Å². The van der Waals surface area contributed by atoms with Gasteiger partial charge in [0.15, 0.2) is 8.07 Å². The zero-order chi connectivity index (χ0) is 33.3. The Morgan fingerprint density at radius 3 is 1.77 bits per heavy atom. The number of benzene rings is 5. The van der Waals surface area contributed by atoms with Crippen LogP contribution in [0.25, 0.3) is 17.1 Å². The largest absolute Gasteiger partial charge is 0.345 e. The van der Waals surface area contributed by atoms with Gasteiger partial charge in [0.2, 0.25) is 0 Å². The lowest BCUT2D eigenvalue weighted by molar-refractivity contribution is 0.549. The van der Waals surface area contributed by atoms with Crippen molar-refractivity contribution in [3.05, 3.63) is 151 Å². The summed E-state index contributed by atoms with van der Waals surface area (Å²) in [5.41, 5.74) is 6.12. The molecule has 0 amide bonds. The summed E-state index contributed by atoms with van der Waals surface area (Å²) in [5, 5.41) is 12.1. The number of imidazole rings is 1. The van der Waals surface area contributed by atoms with E-state index in [2.05, 4.69) is 183 Å². The Labute approximate surface area is 285 Å². The third-order valence-corrected chi connectivity index (χ3v) is 14.3. The molecule has 240 valence electrons. The molecule has 6 aromatic rings. The highest BCUT2D eigenvalue weighted by Gasteiger charge is 2.42. The Kier molecular flexibility index (Phi) is 8.59. The second-order valence-corrected chi connectivity index (χ2v) is 17.2. The van der Waals surface area contributed by atoms with Gasteiger partial charge < -0.3 is 4.90 Å².